The largest absolute Gasteiger partial charge is 0.416 e. The molecule has 0 bridgehead atoms. The van der Waals surface area contributed by atoms with E-state index in [0.29, 0.717) is 16.7 Å². The van der Waals surface area contributed by atoms with E-state index in [0.717, 1.165) is 24.3 Å². The molecule has 0 aliphatic rings. The quantitative estimate of drug-likeness (QED) is 0.435. The summed E-state index contributed by atoms with van der Waals surface area (Å²) in [5.74, 6) is -1.89. The van der Waals surface area contributed by atoms with Crippen LogP contribution in [0, 0.1) is 5.82 Å². The molecule has 0 radical (unpaired) electrons. The number of halogens is 4. The molecule has 2 rings (SSSR count). The summed E-state index contributed by atoms with van der Waals surface area (Å²) in [6.07, 6.45) is -4.61. The Morgan fingerprint density at radius 2 is 1.89 bits per heavy atom. The van der Waals surface area contributed by atoms with Crippen LogP contribution in [0.25, 0.3) is 0 Å². The maximum Gasteiger partial charge on any atom is 0.416 e. The van der Waals surface area contributed by atoms with Gasteiger partial charge in [0.2, 0.25) is 0 Å². The summed E-state index contributed by atoms with van der Waals surface area (Å²) in [6, 6.07) is 7.27. The number of alkyl halides is 3. The van der Waals surface area contributed by atoms with Crippen molar-refractivity contribution in [3.63, 3.8) is 0 Å². The number of hydrogen-bond donors (Lipinski definition) is 2. The molecule has 2 aromatic carbocycles. The van der Waals surface area contributed by atoms with Crippen LogP contribution < -0.4 is 11.0 Å². The molecule has 0 aliphatic heterocycles. The van der Waals surface area contributed by atoms with E-state index in [2.05, 4.69) is 4.84 Å². The molecule has 0 aromatic heterocycles. The smallest absolute Gasteiger partial charge is 0.346 e. The third-order valence-electron chi connectivity index (χ3n) is 3.22. The zero-order valence-corrected chi connectivity index (χ0v) is 14.7. The molecule has 0 spiro atoms. The number of hydrogen-bond acceptors (Lipinski definition) is 5. The molecule has 144 valence electrons. The van der Waals surface area contributed by atoms with E-state index in [9.17, 15) is 27.2 Å². The Hall–Kier alpha value is -2.59. The highest BCUT2D eigenvalue weighted by Gasteiger charge is 2.31. The van der Waals surface area contributed by atoms with Crippen LogP contribution in [0.15, 0.2) is 47.4 Å². The maximum absolute atomic E-state index is 13.4. The fourth-order valence-corrected chi connectivity index (χ4v) is 2.81. The molecule has 0 fully saturated rings. The second kappa shape index (κ2) is 8.87. The minimum atomic E-state index is -4.61. The van der Waals surface area contributed by atoms with Gasteiger partial charge in [-0.05, 0) is 42.2 Å². The summed E-state index contributed by atoms with van der Waals surface area (Å²) < 4.78 is 51.3. The van der Waals surface area contributed by atoms with E-state index in [4.69, 9.17) is 0 Å². The van der Waals surface area contributed by atoms with Gasteiger partial charge in [0.1, 0.15) is 5.82 Å². The first kappa shape index (κ1) is 20.7. The Morgan fingerprint density at radius 3 is 2.56 bits per heavy atom. The number of hydrazine groups is 1. The Morgan fingerprint density at radius 1 is 1.15 bits per heavy atom. The summed E-state index contributed by atoms with van der Waals surface area (Å²) in [5.41, 5.74) is 2.55. The van der Waals surface area contributed by atoms with Crippen LogP contribution >= 0.6 is 11.8 Å². The van der Waals surface area contributed by atoms with Gasteiger partial charge >= 0.3 is 12.1 Å². The van der Waals surface area contributed by atoms with Crippen molar-refractivity contribution in [2.45, 2.75) is 18.0 Å². The van der Waals surface area contributed by atoms with Gasteiger partial charge in [0.25, 0.3) is 5.91 Å². The number of benzene rings is 2. The van der Waals surface area contributed by atoms with Crippen LogP contribution in [0.3, 0.4) is 0 Å². The minimum absolute atomic E-state index is 0.0180. The first-order valence-corrected chi connectivity index (χ1v) is 8.57. The monoisotopic (exact) mass is 402 g/mol. The van der Waals surface area contributed by atoms with E-state index in [1.165, 1.54) is 23.9 Å². The Kier molecular flexibility index (Phi) is 6.81. The summed E-state index contributed by atoms with van der Waals surface area (Å²) >= 11 is 1.31. The van der Waals surface area contributed by atoms with Gasteiger partial charge in [-0.15, -0.1) is 11.8 Å². The van der Waals surface area contributed by atoms with Crippen molar-refractivity contribution in [2.24, 2.45) is 0 Å². The molecular weight excluding hydrogens is 388 g/mol. The summed E-state index contributed by atoms with van der Waals surface area (Å²) in [6.45, 7) is 1.85. The highest BCUT2D eigenvalue weighted by Crippen LogP contribution is 2.29. The predicted molar refractivity (Wildman–Crippen MR) is 90.3 cm³/mol. The number of nitrogens with one attached hydrogen (secondary N) is 2. The maximum atomic E-state index is 13.4. The Bertz CT molecular complexity index is 843. The number of carbonyl (C=O) groups is 2. The van der Waals surface area contributed by atoms with Crippen molar-refractivity contribution in [1.82, 2.24) is 11.0 Å². The molecule has 5 nitrogen and oxygen atoms in total. The third kappa shape index (κ3) is 5.69. The van der Waals surface area contributed by atoms with E-state index in [1.54, 1.807) is 0 Å². The number of rotatable bonds is 6. The van der Waals surface area contributed by atoms with Gasteiger partial charge in [0.15, 0.2) is 0 Å². The van der Waals surface area contributed by atoms with Gasteiger partial charge in [-0.3, -0.25) is 10.2 Å². The standard InChI is InChI=1S/C17H14F4N2O3S/c1-2-27-14-7-6-12(18)9-13(14)15(24)22-23-26-16(25)10-4-3-5-11(8-10)17(19,20)21/h3-9,23H,2H2,1H3,(H,22,24). The number of thioether (sulfide) groups is 1. The molecule has 0 saturated heterocycles. The molecule has 27 heavy (non-hydrogen) atoms. The van der Waals surface area contributed by atoms with Crippen LogP contribution in [-0.4, -0.2) is 17.6 Å². The number of carbonyl (C=O) groups excluding carboxylic acids is 2. The topological polar surface area (TPSA) is 67.4 Å². The molecule has 2 N–H and O–H groups in total. The first-order valence-electron chi connectivity index (χ1n) is 7.58. The van der Waals surface area contributed by atoms with Gasteiger partial charge in [0.05, 0.1) is 16.7 Å². The highest BCUT2D eigenvalue weighted by atomic mass is 32.2. The average Bonchev–Trinajstić information content (AvgIpc) is 2.62. The van der Waals surface area contributed by atoms with Crippen molar-refractivity contribution in [2.75, 3.05) is 5.75 Å². The van der Waals surface area contributed by atoms with Crippen molar-refractivity contribution in [3.8, 4) is 0 Å². The zero-order chi connectivity index (χ0) is 20.0. The van der Waals surface area contributed by atoms with Gasteiger partial charge in [-0.25, -0.2) is 9.18 Å². The van der Waals surface area contributed by atoms with Crippen LogP contribution in [0.2, 0.25) is 0 Å². The van der Waals surface area contributed by atoms with Crippen LogP contribution in [0.4, 0.5) is 17.6 Å². The van der Waals surface area contributed by atoms with Gasteiger partial charge in [-0.2, -0.15) is 13.2 Å². The lowest BCUT2D eigenvalue weighted by atomic mass is 10.1. The first-order chi connectivity index (χ1) is 12.7. The van der Waals surface area contributed by atoms with Crippen molar-refractivity contribution < 1.29 is 32.0 Å². The van der Waals surface area contributed by atoms with Gasteiger partial charge in [0, 0.05) is 4.90 Å². The Labute approximate surface area is 156 Å². The molecule has 0 heterocycles. The third-order valence-corrected chi connectivity index (χ3v) is 4.18. The van der Waals surface area contributed by atoms with Crippen LogP contribution in [0.1, 0.15) is 33.2 Å². The molecule has 1 amide bonds. The summed E-state index contributed by atoms with van der Waals surface area (Å²) in [4.78, 5) is 28.9. The lowest BCUT2D eigenvalue weighted by Gasteiger charge is -2.11. The summed E-state index contributed by atoms with van der Waals surface area (Å²) in [5, 5.41) is 0. The van der Waals surface area contributed by atoms with E-state index in [-0.39, 0.29) is 11.1 Å². The van der Waals surface area contributed by atoms with E-state index in [1.807, 2.05) is 17.9 Å². The van der Waals surface area contributed by atoms with Crippen molar-refractivity contribution in [1.29, 1.82) is 0 Å². The molecule has 0 unspecified atom stereocenters. The highest BCUT2D eigenvalue weighted by molar-refractivity contribution is 7.99. The fourth-order valence-electron chi connectivity index (χ4n) is 2.03. The summed E-state index contributed by atoms with van der Waals surface area (Å²) in [7, 11) is 0. The Balaban J connectivity index is 1.99. The van der Waals surface area contributed by atoms with E-state index < -0.39 is 29.4 Å². The second-order valence-corrected chi connectivity index (χ2v) is 6.40. The van der Waals surface area contributed by atoms with E-state index >= 15 is 0 Å². The zero-order valence-electron chi connectivity index (χ0n) is 13.9. The minimum Gasteiger partial charge on any atom is -0.346 e. The normalized spacial score (nSPS) is 11.1. The molecular formula is C17H14F4N2O3S. The van der Waals surface area contributed by atoms with Crippen molar-refractivity contribution in [3.05, 3.63) is 65.0 Å². The molecule has 2 aromatic rings. The second-order valence-electron chi connectivity index (χ2n) is 5.10. The fraction of sp³-hybridized carbons (Fsp3) is 0.176. The van der Waals surface area contributed by atoms with Crippen molar-refractivity contribution >= 4 is 23.6 Å². The predicted octanol–water partition coefficient (Wildman–Crippen LogP) is 3.96. The molecule has 0 atom stereocenters. The average molecular weight is 402 g/mol. The molecule has 10 heteroatoms. The van der Waals surface area contributed by atoms with Crippen LogP contribution in [0.5, 0.6) is 0 Å². The van der Waals surface area contributed by atoms with Gasteiger partial charge < -0.3 is 4.84 Å². The molecule has 0 aliphatic carbocycles. The molecule has 0 saturated carbocycles. The SMILES string of the molecule is CCSc1ccc(F)cc1C(=O)NNOC(=O)c1cccc(C(F)(F)F)c1. The van der Waals surface area contributed by atoms with Gasteiger partial charge in [-0.1, -0.05) is 18.6 Å². The number of amides is 1. The van der Waals surface area contributed by atoms with Crippen LogP contribution in [-0.2, 0) is 11.0 Å². The lowest BCUT2D eigenvalue weighted by Crippen LogP contribution is -2.39. The lowest BCUT2D eigenvalue weighted by molar-refractivity contribution is -0.137.